The van der Waals surface area contributed by atoms with Crippen molar-refractivity contribution in [2.45, 2.75) is 46.4 Å². The van der Waals surface area contributed by atoms with E-state index in [1.807, 2.05) is 44.2 Å². The van der Waals surface area contributed by atoms with Gasteiger partial charge in [0.05, 0.1) is 64.0 Å². The van der Waals surface area contributed by atoms with Crippen LogP contribution in [0.1, 0.15) is 56.0 Å². The normalized spacial score (nSPS) is 14.2. The van der Waals surface area contributed by atoms with Gasteiger partial charge in [0.2, 0.25) is 0 Å². The molecule has 12 heteroatoms. The number of esters is 1. The summed E-state index contributed by atoms with van der Waals surface area (Å²) in [7, 11) is 3.09. The van der Waals surface area contributed by atoms with Crippen molar-refractivity contribution in [3.63, 3.8) is 0 Å². The van der Waals surface area contributed by atoms with Gasteiger partial charge in [0.1, 0.15) is 6.61 Å². The van der Waals surface area contributed by atoms with E-state index in [1.54, 1.807) is 58.4 Å². The molecule has 1 aromatic heterocycles. The van der Waals surface area contributed by atoms with Crippen LogP contribution in [0.25, 0.3) is 6.08 Å². The quantitative estimate of drug-likeness (QED) is 0.141. The monoisotopic (exact) mass is 779 g/mol. The van der Waals surface area contributed by atoms with E-state index in [1.165, 1.54) is 15.9 Å². The van der Waals surface area contributed by atoms with E-state index < -0.39 is 12.0 Å². The van der Waals surface area contributed by atoms with Gasteiger partial charge < -0.3 is 23.7 Å². The molecule has 4 aromatic rings. The number of methoxy groups -OCH3 is 2. The van der Waals surface area contributed by atoms with Crippen LogP contribution in [0, 0.1) is 14.9 Å². The predicted molar refractivity (Wildman–Crippen MR) is 190 cm³/mol. The number of aromatic nitrogens is 1. The molecular weight excluding hydrogens is 745 g/mol. The van der Waals surface area contributed by atoms with Crippen molar-refractivity contribution < 1.29 is 28.5 Å². The van der Waals surface area contributed by atoms with Crippen LogP contribution in [0.4, 0.5) is 0 Å². The molecule has 0 saturated carbocycles. The number of benzene rings is 3. The second-order valence-electron chi connectivity index (χ2n) is 11.0. The lowest BCUT2D eigenvalue weighted by molar-refractivity contribution is -0.139. The van der Waals surface area contributed by atoms with Gasteiger partial charge in [0.25, 0.3) is 5.56 Å². The van der Waals surface area contributed by atoms with Crippen molar-refractivity contribution >= 4 is 46.0 Å². The molecule has 2 heterocycles. The number of ether oxygens (including phenoxy) is 5. The highest BCUT2D eigenvalue weighted by Crippen LogP contribution is 2.37. The largest absolute Gasteiger partial charge is 0.493 e. The summed E-state index contributed by atoms with van der Waals surface area (Å²) < 4.78 is 31.5. The smallest absolute Gasteiger partial charge is 0.338 e. The first kappa shape index (κ1) is 34.7. The Morgan fingerprint density at radius 2 is 1.85 bits per heavy atom. The van der Waals surface area contributed by atoms with Crippen LogP contribution in [-0.2, 0) is 16.1 Å². The molecule has 0 aliphatic carbocycles. The summed E-state index contributed by atoms with van der Waals surface area (Å²) in [4.78, 5) is 32.7. The van der Waals surface area contributed by atoms with E-state index in [-0.39, 0.29) is 30.5 Å². The molecule has 0 fully saturated rings. The Morgan fingerprint density at radius 3 is 2.54 bits per heavy atom. The highest BCUT2D eigenvalue weighted by molar-refractivity contribution is 14.1. The third-order valence-corrected chi connectivity index (χ3v) is 9.23. The number of allylic oxidation sites excluding steroid dienone is 1. The molecule has 0 N–H and O–H groups in total. The van der Waals surface area contributed by atoms with Gasteiger partial charge >= 0.3 is 5.97 Å². The van der Waals surface area contributed by atoms with Crippen LogP contribution < -0.4 is 33.8 Å². The van der Waals surface area contributed by atoms with Crippen LogP contribution in [0.2, 0.25) is 0 Å². The van der Waals surface area contributed by atoms with Crippen molar-refractivity contribution in [3.8, 4) is 29.1 Å². The van der Waals surface area contributed by atoms with Crippen LogP contribution in [0.5, 0.6) is 23.0 Å². The first-order chi connectivity index (χ1) is 23.1. The van der Waals surface area contributed by atoms with Crippen LogP contribution in [0.15, 0.2) is 75.7 Å². The first-order valence-corrected chi connectivity index (χ1v) is 17.0. The zero-order valence-corrected chi connectivity index (χ0v) is 30.3. The van der Waals surface area contributed by atoms with Crippen LogP contribution in [0.3, 0.4) is 0 Å². The molecule has 0 bridgehead atoms. The molecule has 0 unspecified atom stereocenters. The molecule has 1 atom stereocenters. The summed E-state index contributed by atoms with van der Waals surface area (Å²) in [6.07, 6.45) is 1.69. The Kier molecular flexibility index (Phi) is 10.9. The van der Waals surface area contributed by atoms with Crippen LogP contribution >= 0.6 is 33.9 Å². The first-order valence-electron chi connectivity index (χ1n) is 15.1. The number of carbonyl (C=O) groups excluding carboxylic acids is 1. The standard InChI is InChI=1S/C36H34IN3O7S/c1-7-45-35(42)31-21(4)39-36-40(32(31)23-12-13-27(47-20(2)3)28(17-23)43-5)34(41)30(48-36)16-22-14-26(37)33(29(15-22)44-6)46-19-25-11-9-8-10-24(25)18-38/h8-17,20,32H,7,19H2,1-6H3/b30-16-/t32-/m1/s1. The molecule has 10 nitrogen and oxygen atoms in total. The number of hydrogen-bond acceptors (Lipinski definition) is 10. The summed E-state index contributed by atoms with van der Waals surface area (Å²) in [5.74, 6) is 1.47. The van der Waals surface area contributed by atoms with Gasteiger partial charge in [-0.1, -0.05) is 35.6 Å². The van der Waals surface area contributed by atoms with E-state index in [9.17, 15) is 14.9 Å². The molecular formula is C36H34IN3O7S. The molecule has 48 heavy (non-hydrogen) atoms. The number of thiazole rings is 1. The van der Waals surface area contributed by atoms with Gasteiger partial charge in [0, 0.05) is 5.56 Å². The summed E-state index contributed by atoms with van der Waals surface area (Å²) in [5, 5.41) is 9.45. The van der Waals surface area contributed by atoms with Gasteiger partial charge in [-0.15, -0.1) is 0 Å². The molecule has 1 aliphatic heterocycles. The van der Waals surface area contributed by atoms with Crippen molar-refractivity contribution in [3.05, 3.63) is 111 Å². The molecule has 3 aromatic carbocycles. The number of hydrogen-bond donors (Lipinski definition) is 0. The lowest BCUT2D eigenvalue weighted by Gasteiger charge is -2.25. The van der Waals surface area contributed by atoms with Gasteiger partial charge in [-0.3, -0.25) is 9.36 Å². The predicted octanol–water partition coefficient (Wildman–Crippen LogP) is 5.66. The average Bonchev–Trinajstić information content (AvgIpc) is 3.36. The fraction of sp³-hybridized carbons (Fsp3) is 0.278. The number of halogens is 1. The van der Waals surface area contributed by atoms with Gasteiger partial charge in [0.15, 0.2) is 27.8 Å². The zero-order chi connectivity index (χ0) is 34.5. The zero-order valence-electron chi connectivity index (χ0n) is 27.3. The lowest BCUT2D eigenvalue weighted by atomic mass is 9.95. The maximum absolute atomic E-state index is 14.2. The minimum atomic E-state index is -0.814. The second-order valence-corrected chi connectivity index (χ2v) is 13.1. The number of nitriles is 1. The number of fused-ring (bicyclic) bond motifs is 1. The molecule has 248 valence electrons. The Labute approximate surface area is 295 Å². The van der Waals surface area contributed by atoms with Crippen LogP contribution in [-0.4, -0.2) is 37.5 Å². The average molecular weight is 780 g/mol. The van der Waals surface area contributed by atoms with Gasteiger partial charge in [-0.05, 0) is 97.8 Å². The summed E-state index contributed by atoms with van der Waals surface area (Å²) in [5.41, 5.74) is 3.06. The molecule has 5 rings (SSSR count). The third kappa shape index (κ3) is 7.12. The topological polar surface area (TPSA) is 121 Å². The van der Waals surface area contributed by atoms with Crippen molar-refractivity contribution in [1.82, 2.24) is 4.57 Å². The van der Waals surface area contributed by atoms with Gasteiger partial charge in [-0.25, -0.2) is 9.79 Å². The van der Waals surface area contributed by atoms with E-state index in [4.69, 9.17) is 23.7 Å². The number of rotatable bonds is 11. The Hall–Kier alpha value is -4.61. The summed E-state index contributed by atoms with van der Waals surface area (Å²) in [6.45, 7) is 7.67. The number of nitrogens with zero attached hydrogens (tertiary/aromatic N) is 3. The molecule has 0 amide bonds. The van der Waals surface area contributed by atoms with Gasteiger partial charge in [-0.2, -0.15) is 5.26 Å². The Bertz CT molecular complexity index is 2130. The van der Waals surface area contributed by atoms with E-state index in [2.05, 4.69) is 33.7 Å². The van der Waals surface area contributed by atoms with Crippen molar-refractivity contribution in [2.75, 3.05) is 20.8 Å². The fourth-order valence-corrected chi connectivity index (χ4v) is 7.16. The summed E-state index contributed by atoms with van der Waals surface area (Å²) >= 11 is 3.39. The van der Waals surface area contributed by atoms with E-state index >= 15 is 0 Å². The highest BCUT2D eigenvalue weighted by atomic mass is 127. The Balaban J connectivity index is 1.60. The van der Waals surface area contributed by atoms with E-state index in [0.717, 1.165) is 9.13 Å². The second kappa shape index (κ2) is 15.1. The minimum Gasteiger partial charge on any atom is -0.493 e. The fourth-order valence-electron chi connectivity index (χ4n) is 5.33. The van der Waals surface area contributed by atoms with Crippen molar-refractivity contribution in [1.29, 1.82) is 5.26 Å². The molecule has 0 radical (unpaired) electrons. The molecule has 0 spiro atoms. The third-order valence-electron chi connectivity index (χ3n) is 7.44. The Morgan fingerprint density at radius 1 is 1.10 bits per heavy atom. The summed E-state index contributed by atoms with van der Waals surface area (Å²) in [6, 6.07) is 17.7. The maximum atomic E-state index is 14.2. The lowest BCUT2D eigenvalue weighted by Crippen LogP contribution is -2.40. The number of carbonyl (C=O) groups is 1. The maximum Gasteiger partial charge on any atom is 0.338 e. The van der Waals surface area contributed by atoms with Crippen molar-refractivity contribution in [2.24, 2.45) is 4.99 Å². The van der Waals surface area contributed by atoms with E-state index in [0.29, 0.717) is 54.7 Å². The molecule has 0 saturated heterocycles. The SMILES string of the molecule is CCOC(=O)C1=C(C)N=c2s/c(=C\c3cc(I)c(OCc4ccccc4C#N)c(OC)c3)c(=O)n2[C@@H]1c1ccc(OC(C)C)c(OC)c1. The minimum absolute atomic E-state index is 0.0813. The molecule has 1 aliphatic rings. The highest BCUT2D eigenvalue weighted by Gasteiger charge is 2.34.